The quantitative estimate of drug-likeness (QED) is 0.888. The molecular weight excluding hydrogens is 258 g/mol. The van der Waals surface area contributed by atoms with Gasteiger partial charge in [0, 0.05) is 25.2 Å². The van der Waals surface area contributed by atoms with E-state index in [1.54, 1.807) is 6.07 Å². The Morgan fingerprint density at radius 3 is 2.85 bits per heavy atom. The number of nitrogens with zero attached hydrogens (tertiary/aromatic N) is 1. The summed E-state index contributed by atoms with van der Waals surface area (Å²) in [4.78, 5) is 2.02. The number of benzene rings is 1. The molecule has 1 heterocycles. The first-order valence-electron chi connectivity index (χ1n) is 7.49. The van der Waals surface area contributed by atoms with Crippen molar-refractivity contribution < 1.29 is 8.78 Å². The lowest BCUT2D eigenvalue weighted by Crippen LogP contribution is -2.46. The molecular formula is C16H24F2N2. The molecule has 1 aromatic rings. The summed E-state index contributed by atoms with van der Waals surface area (Å²) in [5.74, 6) is -0.292. The van der Waals surface area contributed by atoms with Crippen LogP contribution in [0.25, 0.3) is 0 Å². The van der Waals surface area contributed by atoms with E-state index in [1.807, 2.05) is 4.90 Å². The topological polar surface area (TPSA) is 15.3 Å². The first-order valence-corrected chi connectivity index (χ1v) is 7.49. The molecule has 1 aliphatic rings. The second-order valence-corrected chi connectivity index (χ2v) is 6.02. The lowest BCUT2D eigenvalue weighted by Gasteiger charge is -2.35. The summed E-state index contributed by atoms with van der Waals surface area (Å²) >= 11 is 0. The average molecular weight is 282 g/mol. The molecule has 0 spiro atoms. The third kappa shape index (κ3) is 4.17. The first kappa shape index (κ1) is 15.2. The van der Waals surface area contributed by atoms with E-state index in [1.165, 1.54) is 6.07 Å². The average Bonchev–Trinajstić information content (AvgIpc) is 2.38. The zero-order valence-electron chi connectivity index (χ0n) is 12.3. The highest BCUT2D eigenvalue weighted by Crippen LogP contribution is 2.23. The van der Waals surface area contributed by atoms with E-state index in [-0.39, 0.29) is 0 Å². The van der Waals surface area contributed by atoms with Gasteiger partial charge in [-0.25, -0.2) is 8.78 Å². The van der Waals surface area contributed by atoms with Gasteiger partial charge in [-0.3, -0.25) is 0 Å². The Balaban J connectivity index is 1.92. The van der Waals surface area contributed by atoms with Crippen LogP contribution in [-0.2, 0) is 0 Å². The van der Waals surface area contributed by atoms with E-state index in [2.05, 4.69) is 19.2 Å². The minimum absolute atomic E-state index is 0.395. The molecule has 2 nitrogen and oxygen atoms in total. The van der Waals surface area contributed by atoms with Crippen LogP contribution >= 0.6 is 0 Å². The summed E-state index contributed by atoms with van der Waals surface area (Å²) < 4.78 is 26.8. The van der Waals surface area contributed by atoms with Crippen LogP contribution in [-0.4, -0.2) is 25.7 Å². The fraction of sp³-hybridized carbons (Fsp3) is 0.625. The Bertz CT molecular complexity index is 434. The molecule has 0 aromatic heterocycles. The predicted molar refractivity (Wildman–Crippen MR) is 79.1 cm³/mol. The normalized spacial score (nSPS) is 19.6. The maximum Gasteiger partial charge on any atom is 0.149 e. The van der Waals surface area contributed by atoms with Gasteiger partial charge in [-0.1, -0.05) is 13.8 Å². The molecule has 4 heteroatoms. The number of piperidine rings is 1. The first-order chi connectivity index (χ1) is 9.56. The van der Waals surface area contributed by atoms with Crippen LogP contribution in [0.3, 0.4) is 0 Å². The highest BCUT2D eigenvalue weighted by molar-refractivity contribution is 5.48. The van der Waals surface area contributed by atoms with Crippen molar-refractivity contribution in [3.05, 3.63) is 29.8 Å². The van der Waals surface area contributed by atoms with E-state index in [4.69, 9.17) is 0 Å². The lowest BCUT2D eigenvalue weighted by atomic mass is 10.0. The van der Waals surface area contributed by atoms with Gasteiger partial charge in [0.05, 0.1) is 5.69 Å². The largest absolute Gasteiger partial charge is 0.368 e. The SMILES string of the molecule is CC(C)CCNC1CCCN(c2ccc(F)cc2F)C1. The Morgan fingerprint density at radius 2 is 2.15 bits per heavy atom. The minimum Gasteiger partial charge on any atom is -0.368 e. The molecule has 0 amide bonds. The molecule has 20 heavy (non-hydrogen) atoms. The summed E-state index contributed by atoms with van der Waals surface area (Å²) in [6.07, 6.45) is 3.31. The Kier molecular flexibility index (Phi) is 5.35. The van der Waals surface area contributed by atoms with E-state index in [0.717, 1.165) is 45.0 Å². The summed E-state index contributed by atoms with van der Waals surface area (Å²) in [5.41, 5.74) is 0.516. The molecule has 0 radical (unpaired) electrons. The molecule has 1 saturated heterocycles. The second-order valence-electron chi connectivity index (χ2n) is 6.02. The predicted octanol–water partition coefficient (Wildman–Crippen LogP) is 3.57. The molecule has 1 atom stereocenters. The van der Waals surface area contributed by atoms with Crippen molar-refractivity contribution in [3.63, 3.8) is 0 Å². The van der Waals surface area contributed by atoms with Gasteiger partial charge in [0.15, 0.2) is 0 Å². The van der Waals surface area contributed by atoms with Crippen LogP contribution in [0.1, 0.15) is 33.1 Å². The van der Waals surface area contributed by atoms with Crippen LogP contribution in [0.4, 0.5) is 14.5 Å². The van der Waals surface area contributed by atoms with Crippen LogP contribution < -0.4 is 10.2 Å². The van der Waals surface area contributed by atoms with E-state index < -0.39 is 11.6 Å². The molecule has 1 N–H and O–H groups in total. The van der Waals surface area contributed by atoms with E-state index in [0.29, 0.717) is 17.6 Å². The summed E-state index contributed by atoms with van der Waals surface area (Å²) in [6, 6.07) is 4.23. The third-order valence-corrected chi connectivity index (χ3v) is 3.83. The van der Waals surface area contributed by atoms with Crippen molar-refractivity contribution in [3.8, 4) is 0 Å². The second kappa shape index (κ2) is 7.02. The zero-order valence-corrected chi connectivity index (χ0v) is 12.3. The van der Waals surface area contributed by atoms with Crippen LogP contribution in [0, 0.1) is 17.6 Å². The van der Waals surface area contributed by atoms with Crippen LogP contribution in [0.15, 0.2) is 18.2 Å². The van der Waals surface area contributed by atoms with Crippen LogP contribution in [0.2, 0.25) is 0 Å². The van der Waals surface area contributed by atoms with Gasteiger partial charge in [0.2, 0.25) is 0 Å². The van der Waals surface area contributed by atoms with E-state index >= 15 is 0 Å². The van der Waals surface area contributed by atoms with Crippen molar-refractivity contribution in [2.24, 2.45) is 5.92 Å². The van der Waals surface area contributed by atoms with Crippen LogP contribution in [0.5, 0.6) is 0 Å². The van der Waals surface area contributed by atoms with Gasteiger partial charge in [-0.2, -0.15) is 0 Å². The molecule has 0 bridgehead atoms. The molecule has 1 unspecified atom stereocenters. The number of anilines is 1. The monoisotopic (exact) mass is 282 g/mol. The van der Waals surface area contributed by atoms with Gasteiger partial charge in [-0.05, 0) is 43.9 Å². The fourth-order valence-electron chi connectivity index (χ4n) is 2.68. The van der Waals surface area contributed by atoms with Crippen molar-refractivity contribution >= 4 is 5.69 Å². The number of halogens is 2. The maximum absolute atomic E-state index is 13.8. The summed E-state index contributed by atoms with van der Waals surface area (Å²) in [7, 11) is 0. The number of rotatable bonds is 5. The van der Waals surface area contributed by atoms with Gasteiger partial charge in [0.25, 0.3) is 0 Å². The third-order valence-electron chi connectivity index (χ3n) is 3.83. The molecule has 1 aromatic carbocycles. The minimum atomic E-state index is -0.519. The lowest BCUT2D eigenvalue weighted by molar-refractivity contribution is 0.403. The summed E-state index contributed by atoms with van der Waals surface area (Å²) in [6.45, 7) is 7.05. The fourth-order valence-corrected chi connectivity index (χ4v) is 2.68. The van der Waals surface area contributed by atoms with Crippen molar-refractivity contribution in [1.82, 2.24) is 5.32 Å². The van der Waals surface area contributed by atoms with Gasteiger partial charge < -0.3 is 10.2 Å². The summed E-state index contributed by atoms with van der Waals surface area (Å²) in [5, 5.41) is 3.55. The molecule has 112 valence electrons. The molecule has 1 fully saturated rings. The number of hydrogen-bond acceptors (Lipinski definition) is 2. The molecule has 2 rings (SSSR count). The number of hydrogen-bond donors (Lipinski definition) is 1. The van der Waals surface area contributed by atoms with Gasteiger partial charge in [0.1, 0.15) is 11.6 Å². The van der Waals surface area contributed by atoms with Crippen molar-refractivity contribution in [1.29, 1.82) is 0 Å². The number of nitrogens with one attached hydrogen (secondary N) is 1. The Hall–Kier alpha value is -1.16. The highest BCUT2D eigenvalue weighted by atomic mass is 19.1. The van der Waals surface area contributed by atoms with Gasteiger partial charge >= 0.3 is 0 Å². The standard InChI is InChI=1S/C16H24F2N2/c1-12(2)7-8-19-14-4-3-9-20(11-14)16-6-5-13(17)10-15(16)18/h5-6,10,12,14,19H,3-4,7-9,11H2,1-2H3. The molecule has 0 aliphatic carbocycles. The maximum atomic E-state index is 13.8. The Morgan fingerprint density at radius 1 is 1.35 bits per heavy atom. The smallest absolute Gasteiger partial charge is 0.149 e. The van der Waals surface area contributed by atoms with Gasteiger partial charge in [-0.15, -0.1) is 0 Å². The molecule has 0 saturated carbocycles. The highest BCUT2D eigenvalue weighted by Gasteiger charge is 2.21. The Labute approximate surface area is 120 Å². The van der Waals surface area contributed by atoms with Crippen molar-refractivity contribution in [2.75, 3.05) is 24.5 Å². The molecule has 1 aliphatic heterocycles. The van der Waals surface area contributed by atoms with E-state index in [9.17, 15) is 8.78 Å². The zero-order chi connectivity index (χ0) is 14.5. The van der Waals surface area contributed by atoms with Crippen molar-refractivity contribution in [2.45, 2.75) is 39.2 Å².